The molecule has 4 rings (SSSR count). The smallest absolute Gasteiger partial charge is 0.276 e. The molecule has 0 aliphatic heterocycles. The summed E-state index contributed by atoms with van der Waals surface area (Å²) >= 11 is 6.01. The van der Waals surface area contributed by atoms with Gasteiger partial charge in [0.2, 0.25) is 0 Å². The first-order chi connectivity index (χ1) is 13.2. The molecule has 1 aromatic heterocycles. The van der Waals surface area contributed by atoms with Crippen molar-refractivity contribution in [2.24, 2.45) is 0 Å². The maximum absolute atomic E-state index is 12.7. The van der Waals surface area contributed by atoms with Crippen LogP contribution in [-0.2, 0) is 0 Å². The molecule has 0 unspecified atom stereocenters. The number of rotatable bonds is 4. The second-order valence-corrected chi connectivity index (χ2v) is 6.43. The molecule has 1 heterocycles. The molecule has 0 bridgehead atoms. The second-order valence-electron chi connectivity index (χ2n) is 5.99. The van der Waals surface area contributed by atoms with E-state index in [1.807, 2.05) is 72.8 Å². The molecule has 5 heteroatoms. The predicted octanol–water partition coefficient (Wildman–Crippen LogP) is 5.45. The highest BCUT2D eigenvalue weighted by Gasteiger charge is 2.17. The summed E-state index contributed by atoms with van der Waals surface area (Å²) in [6.45, 7) is 0. The fourth-order valence-corrected chi connectivity index (χ4v) is 2.93. The Morgan fingerprint density at radius 3 is 2.15 bits per heavy atom. The van der Waals surface area contributed by atoms with Crippen molar-refractivity contribution in [1.29, 1.82) is 0 Å². The Morgan fingerprint density at radius 1 is 0.852 bits per heavy atom. The van der Waals surface area contributed by atoms with Gasteiger partial charge in [-0.1, -0.05) is 60.1 Å². The number of aromatic nitrogens is 2. The first-order valence-corrected chi connectivity index (χ1v) is 8.86. The van der Waals surface area contributed by atoms with Crippen molar-refractivity contribution in [1.82, 2.24) is 9.78 Å². The molecule has 1 amide bonds. The number of amides is 1. The monoisotopic (exact) mass is 373 g/mol. The van der Waals surface area contributed by atoms with Gasteiger partial charge in [0.1, 0.15) is 0 Å². The van der Waals surface area contributed by atoms with Gasteiger partial charge in [-0.25, -0.2) is 4.68 Å². The van der Waals surface area contributed by atoms with Crippen LogP contribution in [0.15, 0.2) is 91.0 Å². The lowest BCUT2D eigenvalue weighted by Gasteiger charge is -2.07. The molecule has 0 atom stereocenters. The van der Waals surface area contributed by atoms with Gasteiger partial charge < -0.3 is 5.32 Å². The maximum Gasteiger partial charge on any atom is 0.276 e. The number of nitrogens with zero attached hydrogens (tertiary/aromatic N) is 2. The summed E-state index contributed by atoms with van der Waals surface area (Å²) < 4.78 is 1.76. The SMILES string of the molecule is O=C(Nc1ccccc1)c1cc(-c2ccccc2)n(-c2ccc(Cl)cc2)n1. The van der Waals surface area contributed by atoms with Crippen molar-refractivity contribution in [3.63, 3.8) is 0 Å². The molecule has 0 saturated heterocycles. The van der Waals surface area contributed by atoms with Crippen LogP contribution in [0.3, 0.4) is 0 Å². The van der Waals surface area contributed by atoms with Gasteiger partial charge in [0.05, 0.1) is 11.4 Å². The fraction of sp³-hybridized carbons (Fsp3) is 0. The Balaban J connectivity index is 1.75. The predicted molar refractivity (Wildman–Crippen MR) is 108 cm³/mol. The van der Waals surface area contributed by atoms with E-state index in [1.165, 1.54) is 0 Å². The number of nitrogens with one attached hydrogen (secondary N) is 1. The van der Waals surface area contributed by atoms with Crippen LogP contribution in [0.25, 0.3) is 16.9 Å². The van der Waals surface area contributed by atoms with E-state index in [0.717, 1.165) is 22.6 Å². The molecule has 0 radical (unpaired) electrons. The van der Waals surface area contributed by atoms with Crippen molar-refractivity contribution in [3.05, 3.63) is 102 Å². The molecule has 0 fully saturated rings. The van der Waals surface area contributed by atoms with Gasteiger partial charge in [0.25, 0.3) is 5.91 Å². The molecule has 4 nitrogen and oxygen atoms in total. The highest BCUT2D eigenvalue weighted by Crippen LogP contribution is 2.25. The summed E-state index contributed by atoms with van der Waals surface area (Å²) in [5, 5.41) is 8.07. The highest BCUT2D eigenvalue weighted by molar-refractivity contribution is 6.30. The summed E-state index contributed by atoms with van der Waals surface area (Å²) in [4.78, 5) is 12.7. The summed E-state index contributed by atoms with van der Waals surface area (Å²) in [5.41, 5.74) is 3.70. The zero-order valence-electron chi connectivity index (χ0n) is 14.3. The minimum Gasteiger partial charge on any atom is -0.321 e. The Hall–Kier alpha value is -3.37. The van der Waals surface area contributed by atoms with E-state index in [-0.39, 0.29) is 5.91 Å². The molecular weight excluding hydrogens is 358 g/mol. The van der Waals surface area contributed by atoms with E-state index in [1.54, 1.807) is 22.9 Å². The average molecular weight is 374 g/mol. The second kappa shape index (κ2) is 7.48. The van der Waals surface area contributed by atoms with Crippen molar-refractivity contribution in [2.75, 3.05) is 5.32 Å². The lowest BCUT2D eigenvalue weighted by atomic mass is 10.1. The lowest BCUT2D eigenvalue weighted by molar-refractivity contribution is 0.102. The summed E-state index contributed by atoms with van der Waals surface area (Å²) in [6, 6.07) is 28.3. The molecule has 0 spiro atoms. The van der Waals surface area contributed by atoms with Crippen LogP contribution in [0.4, 0.5) is 5.69 Å². The number of halogens is 1. The van der Waals surface area contributed by atoms with Gasteiger partial charge in [-0.05, 0) is 42.5 Å². The van der Waals surface area contributed by atoms with Crippen LogP contribution in [0.2, 0.25) is 5.02 Å². The molecular formula is C22H16ClN3O. The Labute approximate surface area is 162 Å². The minimum atomic E-state index is -0.258. The Morgan fingerprint density at radius 2 is 1.48 bits per heavy atom. The number of para-hydroxylation sites is 1. The molecule has 0 saturated carbocycles. The van der Waals surface area contributed by atoms with Gasteiger partial charge in [0.15, 0.2) is 5.69 Å². The summed E-state index contributed by atoms with van der Waals surface area (Å²) in [5.74, 6) is -0.258. The molecule has 4 aromatic rings. The quantitative estimate of drug-likeness (QED) is 0.517. The number of anilines is 1. The molecule has 27 heavy (non-hydrogen) atoms. The number of carbonyl (C=O) groups excluding carboxylic acids is 1. The van der Waals surface area contributed by atoms with Crippen molar-refractivity contribution < 1.29 is 4.79 Å². The van der Waals surface area contributed by atoms with Gasteiger partial charge in [-0.2, -0.15) is 5.10 Å². The highest BCUT2D eigenvalue weighted by atomic mass is 35.5. The molecule has 1 N–H and O–H groups in total. The summed E-state index contributed by atoms with van der Waals surface area (Å²) in [6.07, 6.45) is 0. The maximum atomic E-state index is 12.7. The standard InChI is InChI=1S/C22H16ClN3O/c23-17-11-13-19(14-12-17)26-21(16-7-3-1-4-8-16)15-20(25-26)22(27)24-18-9-5-2-6-10-18/h1-15H,(H,24,27). The van der Waals surface area contributed by atoms with Gasteiger partial charge in [-0.3, -0.25) is 4.79 Å². The number of hydrogen-bond acceptors (Lipinski definition) is 2. The number of carbonyl (C=O) groups is 1. The topological polar surface area (TPSA) is 46.9 Å². The van der Waals surface area contributed by atoms with Crippen LogP contribution in [-0.4, -0.2) is 15.7 Å². The van der Waals surface area contributed by atoms with Crippen LogP contribution >= 0.6 is 11.6 Å². The molecule has 0 aliphatic rings. The van der Waals surface area contributed by atoms with Crippen molar-refractivity contribution >= 4 is 23.2 Å². The van der Waals surface area contributed by atoms with E-state index in [9.17, 15) is 4.79 Å². The third kappa shape index (κ3) is 3.76. The molecule has 3 aromatic carbocycles. The Kier molecular flexibility index (Phi) is 4.73. The van der Waals surface area contributed by atoms with Crippen molar-refractivity contribution in [3.8, 4) is 16.9 Å². The van der Waals surface area contributed by atoms with E-state index in [2.05, 4.69) is 10.4 Å². The average Bonchev–Trinajstić information content (AvgIpc) is 3.16. The van der Waals surface area contributed by atoms with Gasteiger partial charge in [-0.15, -0.1) is 0 Å². The molecule has 0 aliphatic carbocycles. The van der Waals surface area contributed by atoms with Crippen LogP contribution in [0.1, 0.15) is 10.5 Å². The summed E-state index contributed by atoms with van der Waals surface area (Å²) in [7, 11) is 0. The number of hydrogen-bond donors (Lipinski definition) is 1. The fourth-order valence-electron chi connectivity index (χ4n) is 2.80. The van der Waals surface area contributed by atoms with Crippen LogP contribution < -0.4 is 5.32 Å². The first-order valence-electron chi connectivity index (χ1n) is 8.48. The van der Waals surface area contributed by atoms with E-state index >= 15 is 0 Å². The third-order valence-electron chi connectivity index (χ3n) is 4.11. The lowest BCUT2D eigenvalue weighted by Crippen LogP contribution is -2.13. The molecule has 132 valence electrons. The normalized spacial score (nSPS) is 10.6. The van der Waals surface area contributed by atoms with E-state index in [4.69, 9.17) is 11.6 Å². The largest absolute Gasteiger partial charge is 0.321 e. The van der Waals surface area contributed by atoms with Crippen LogP contribution in [0.5, 0.6) is 0 Å². The van der Waals surface area contributed by atoms with Gasteiger partial charge in [0, 0.05) is 16.3 Å². The Bertz CT molecular complexity index is 1060. The van der Waals surface area contributed by atoms with Crippen LogP contribution in [0, 0.1) is 0 Å². The third-order valence-corrected chi connectivity index (χ3v) is 4.37. The van der Waals surface area contributed by atoms with Crippen molar-refractivity contribution in [2.45, 2.75) is 0 Å². The zero-order chi connectivity index (χ0) is 18.6. The van der Waals surface area contributed by atoms with Gasteiger partial charge >= 0.3 is 0 Å². The first kappa shape index (κ1) is 17.1. The zero-order valence-corrected chi connectivity index (χ0v) is 15.1. The minimum absolute atomic E-state index is 0.258. The number of benzene rings is 3. The van der Waals surface area contributed by atoms with E-state index < -0.39 is 0 Å². The van der Waals surface area contributed by atoms with E-state index in [0.29, 0.717) is 10.7 Å².